The zero-order chi connectivity index (χ0) is 46.4. The summed E-state index contributed by atoms with van der Waals surface area (Å²) < 4.78 is 13.8. The number of hydrogen-bond donors (Lipinski definition) is 0. The van der Waals surface area contributed by atoms with E-state index in [-0.39, 0.29) is 11.9 Å². The zero-order valence-corrected chi connectivity index (χ0v) is 43.6. The molecule has 376 valence electrons. The second-order valence-electron chi connectivity index (χ2n) is 20.0. The van der Waals surface area contributed by atoms with Crippen molar-refractivity contribution >= 4 is 11.9 Å². The smallest absolute Gasteiger partial charge is 0.305 e. The van der Waals surface area contributed by atoms with E-state index in [1.54, 1.807) is 0 Å². The van der Waals surface area contributed by atoms with Crippen LogP contribution in [0, 0.1) is 11.8 Å². The lowest BCUT2D eigenvalue weighted by Gasteiger charge is -2.32. The van der Waals surface area contributed by atoms with Crippen LogP contribution < -0.4 is 0 Å². The number of ether oxygens (including phenoxy) is 2. The highest BCUT2D eigenvalue weighted by atomic mass is 16.5. The summed E-state index contributed by atoms with van der Waals surface area (Å²) in [5.74, 6) is 1.12. The zero-order valence-electron chi connectivity index (χ0n) is 43.6. The molecule has 7 nitrogen and oxygen atoms in total. The number of carbonyl (C=O) groups excluding carboxylic acids is 2. The molecular formula is C57H109N3O4. The Morgan fingerprint density at radius 3 is 1.27 bits per heavy atom. The van der Waals surface area contributed by atoms with Gasteiger partial charge in [-0.2, -0.15) is 0 Å². The van der Waals surface area contributed by atoms with Gasteiger partial charge < -0.3 is 14.0 Å². The minimum absolute atomic E-state index is 0.0178. The minimum atomic E-state index is 0.0178. The Balaban J connectivity index is 2.55. The van der Waals surface area contributed by atoms with Crippen LogP contribution >= 0.6 is 0 Å². The first kappa shape index (κ1) is 60.1. The van der Waals surface area contributed by atoms with Crippen LogP contribution in [0.4, 0.5) is 0 Å². The van der Waals surface area contributed by atoms with E-state index in [0.29, 0.717) is 43.9 Å². The van der Waals surface area contributed by atoms with Crippen LogP contribution in [0.3, 0.4) is 0 Å². The van der Waals surface area contributed by atoms with Crippen LogP contribution in [0.15, 0.2) is 18.7 Å². The SMILES string of the molecule is CCCCCCCCCN(CCn1ccnc1)C(CCCCCCCCC(=O)OCC(CCCC)CCCCCC)CCCCCCCCC(=O)OCC(CCCC)CCCCCC. The molecule has 0 saturated carbocycles. The number of esters is 2. The van der Waals surface area contributed by atoms with E-state index in [1.807, 2.05) is 12.5 Å². The van der Waals surface area contributed by atoms with E-state index in [0.717, 1.165) is 38.8 Å². The normalized spacial score (nSPS) is 13.1. The average Bonchev–Trinajstić information content (AvgIpc) is 3.83. The lowest BCUT2D eigenvalue weighted by Crippen LogP contribution is -2.38. The summed E-state index contributed by atoms with van der Waals surface area (Å²) in [6.07, 6.45) is 53.4. The van der Waals surface area contributed by atoms with Gasteiger partial charge in [0.1, 0.15) is 0 Å². The van der Waals surface area contributed by atoms with Crippen molar-refractivity contribution in [1.29, 1.82) is 0 Å². The van der Waals surface area contributed by atoms with Gasteiger partial charge in [-0.15, -0.1) is 0 Å². The van der Waals surface area contributed by atoms with Crippen LogP contribution in [-0.4, -0.2) is 58.7 Å². The van der Waals surface area contributed by atoms with Crippen molar-refractivity contribution in [3.8, 4) is 0 Å². The molecule has 1 heterocycles. The molecule has 0 aliphatic heterocycles. The van der Waals surface area contributed by atoms with Gasteiger partial charge in [0.15, 0.2) is 0 Å². The summed E-state index contributed by atoms with van der Waals surface area (Å²) in [7, 11) is 0. The molecule has 2 unspecified atom stereocenters. The van der Waals surface area contributed by atoms with Gasteiger partial charge in [0.2, 0.25) is 0 Å². The van der Waals surface area contributed by atoms with E-state index >= 15 is 0 Å². The molecule has 7 heteroatoms. The van der Waals surface area contributed by atoms with Crippen molar-refractivity contribution in [1.82, 2.24) is 14.5 Å². The summed E-state index contributed by atoms with van der Waals surface area (Å²) in [5.41, 5.74) is 0. The van der Waals surface area contributed by atoms with Crippen LogP contribution in [0.5, 0.6) is 0 Å². The van der Waals surface area contributed by atoms with Crippen LogP contribution in [0.1, 0.15) is 285 Å². The molecule has 0 bridgehead atoms. The summed E-state index contributed by atoms with van der Waals surface area (Å²) in [6, 6.07) is 0.633. The molecular weight excluding hydrogens is 791 g/mol. The van der Waals surface area contributed by atoms with Gasteiger partial charge in [-0.25, -0.2) is 4.98 Å². The molecule has 2 atom stereocenters. The van der Waals surface area contributed by atoms with Gasteiger partial charge in [0.05, 0.1) is 19.5 Å². The maximum Gasteiger partial charge on any atom is 0.305 e. The molecule has 0 spiro atoms. The Labute approximate surface area is 398 Å². The molecule has 0 amide bonds. The van der Waals surface area contributed by atoms with Crippen molar-refractivity contribution < 1.29 is 19.1 Å². The Morgan fingerprint density at radius 1 is 0.453 bits per heavy atom. The van der Waals surface area contributed by atoms with Gasteiger partial charge in [0.25, 0.3) is 0 Å². The molecule has 0 aliphatic rings. The number of unbranched alkanes of at least 4 members (excludes halogenated alkanes) is 24. The fraction of sp³-hybridized carbons (Fsp3) is 0.912. The van der Waals surface area contributed by atoms with Gasteiger partial charge in [-0.3, -0.25) is 14.5 Å². The van der Waals surface area contributed by atoms with Crippen molar-refractivity contribution in [3.05, 3.63) is 18.7 Å². The van der Waals surface area contributed by atoms with Gasteiger partial charge >= 0.3 is 11.9 Å². The van der Waals surface area contributed by atoms with Gasteiger partial charge in [-0.05, 0) is 76.2 Å². The second kappa shape index (κ2) is 46.2. The monoisotopic (exact) mass is 900 g/mol. The van der Waals surface area contributed by atoms with Gasteiger partial charge in [0, 0.05) is 44.4 Å². The first-order valence-corrected chi connectivity index (χ1v) is 28.5. The predicted octanol–water partition coefficient (Wildman–Crippen LogP) is 17.2. The van der Waals surface area contributed by atoms with Crippen molar-refractivity contribution in [2.75, 3.05) is 26.3 Å². The van der Waals surface area contributed by atoms with Crippen molar-refractivity contribution in [3.63, 3.8) is 0 Å². The third-order valence-electron chi connectivity index (χ3n) is 13.9. The molecule has 0 aromatic carbocycles. The van der Waals surface area contributed by atoms with E-state index in [1.165, 1.54) is 218 Å². The van der Waals surface area contributed by atoms with Crippen LogP contribution in [0.2, 0.25) is 0 Å². The highest BCUT2D eigenvalue weighted by molar-refractivity contribution is 5.69. The van der Waals surface area contributed by atoms with Crippen LogP contribution in [0.25, 0.3) is 0 Å². The molecule has 0 saturated heterocycles. The molecule has 64 heavy (non-hydrogen) atoms. The fourth-order valence-corrected chi connectivity index (χ4v) is 9.53. The molecule has 0 aliphatic carbocycles. The number of aromatic nitrogens is 2. The fourth-order valence-electron chi connectivity index (χ4n) is 9.53. The number of hydrogen-bond acceptors (Lipinski definition) is 6. The van der Waals surface area contributed by atoms with Gasteiger partial charge in [-0.1, -0.05) is 214 Å². The highest BCUT2D eigenvalue weighted by Gasteiger charge is 2.19. The van der Waals surface area contributed by atoms with Crippen molar-refractivity contribution in [2.24, 2.45) is 11.8 Å². The van der Waals surface area contributed by atoms with E-state index in [9.17, 15) is 9.59 Å². The largest absolute Gasteiger partial charge is 0.465 e. The maximum absolute atomic E-state index is 12.6. The Morgan fingerprint density at radius 2 is 0.828 bits per heavy atom. The standard InChI is InChI=1S/C57H109N3O4/c1-6-11-16-19-24-29-36-46-60(49-48-59-47-45-58-52-59)55(41-32-25-20-22-27-34-43-56(61)63-50-53(37-14-9-4)39-30-17-12-7-2)42-33-26-21-23-28-35-44-57(62)64-51-54(38-15-10-5)40-31-18-13-8-3/h45,47,52-55H,6-44,46,48-51H2,1-5H3. The number of carbonyl (C=O) groups is 2. The number of nitrogens with zero attached hydrogens (tertiary/aromatic N) is 3. The molecule has 1 rings (SSSR count). The average molecular weight is 901 g/mol. The van der Waals surface area contributed by atoms with E-state index < -0.39 is 0 Å². The topological polar surface area (TPSA) is 73.7 Å². The summed E-state index contributed by atoms with van der Waals surface area (Å²) >= 11 is 0. The number of imidazole rings is 1. The molecule has 0 fully saturated rings. The van der Waals surface area contributed by atoms with Crippen LogP contribution in [-0.2, 0) is 25.6 Å². The third kappa shape index (κ3) is 37.2. The Bertz CT molecular complexity index is 1060. The summed E-state index contributed by atoms with van der Waals surface area (Å²) in [5, 5.41) is 0. The quantitative estimate of drug-likeness (QED) is 0.0479. The van der Waals surface area contributed by atoms with E-state index in [2.05, 4.69) is 55.3 Å². The third-order valence-corrected chi connectivity index (χ3v) is 13.9. The Kier molecular flexibility index (Phi) is 43.4. The highest BCUT2D eigenvalue weighted by Crippen LogP contribution is 2.23. The number of rotatable bonds is 50. The first-order valence-electron chi connectivity index (χ1n) is 28.5. The minimum Gasteiger partial charge on any atom is -0.465 e. The lowest BCUT2D eigenvalue weighted by atomic mass is 9.96. The molecule has 1 aromatic heterocycles. The predicted molar refractivity (Wildman–Crippen MR) is 275 cm³/mol. The second-order valence-corrected chi connectivity index (χ2v) is 20.0. The Hall–Kier alpha value is -1.89. The van der Waals surface area contributed by atoms with E-state index in [4.69, 9.17) is 9.47 Å². The lowest BCUT2D eigenvalue weighted by molar-refractivity contribution is -0.146. The maximum atomic E-state index is 12.6. The summed E-state index contributed by atoms with van der Waals surface area (Å²) in [4.78, 5) is 32.4. The van der Waals surface area contributed by atoms with Crippen molar-refractivity contribution in [2.45, 2.75) is 298 Å². The summed E-state index contributed by atoms with van der Waals surface area (Å²) in [6.45, 7) is 15.9. The molecule has 0 N–H and O–H groups in total. The molecule has 1 aromatic rings. The molecule has 0 radical (unpaired) electrons. The first-order chi connectivity index (χ1) is 31.5.